The van der Waals surface area contributed by atoms with Gasteiger partial charge in [-0.1, -0.05) is 11.6 Å². The minimum atomic E-state index is -0.675. The molecule has 3 rings (SSSR count). The molecule has 1 aromatic heterocycles. The Morgan fingerprint density at radius 1 is 1.00 bits per heavy atom. The first-order valence-electron chi connectivity index (χ1n) is 6.18. The summed E-state index contributed by atoms with van der Waals surface area (Å²) in [6, 6.07) is 8.39. The Hall–Kier alpha value is -2.27. The number of halogens is 3. The highest BCUT2D eigenvalue weighted by molar-refractivity contribution is 6.31. The van der Waals surface area contributed by atoms with Crippen molar-refractivity contribution in [2.45, 2.75) is 0 Å². The second-order valence-electron chi connectivity index (χ2n) is 4.47. The largest absolute Gasteiger partial charge is 0.373 e. The number of aromatic nitrogens is 2. The molecule has 0 saturated carbocycles. The minimum Gasteiger partial charge on any atom is -0.373 e. The lowest BCUT2D eigenvalue weighted by Crippen LogP contribution is -1.99. The highest BCUT2D eigenvalue weighted by Crippen LogP contribution is 2.27. The molecule has 3 nitrogen and oxygen atoms in total. The van der Waals surface area contributed by atoms with Crippen LogP contribution < -0.4 is 5.32 Å². The lowest BCUT2D eigenvalue weighted by Gasteiger charge is -2.09. The van der Waals surface area contributed by atoms with Gasteiger partial charge in [-0.25, -0.2) is 18.7 Å². The molecule has 0 aliphatic heterocycles. The molecule has 0 aliphatic carbocycles. The van der Waals surface area contributed by atoms with Crippen LogP contribution in [0.3, 0.4) is 0 Å². The molecule has 0 bridgehead atoms. The topological polar surface area (TPSA) is 37.8 Å². The quantitative estimate of drug-likeness (QED) is 0.768. The Morgan fingerprint density at radius 2 is 1.71 bits per heavy atom. The molecule has 0 amide bonds. The van der Waals surface area contributed by atoms with E-state index in [-0.39, 0.29) is 11.4 Å². The first kappa shape index (κ1) is 13.7. The zero-order valence-corrected chi connectivity index (χ0v) is 11.7. The number of hydrogen-bond acceptors (Lipinski definition) is 3. The molecule has 0 saturated heterocycles. The third-order valence-corrected chi connectivity index (χ3v) is 3.25. The maximum absolute atomic E-state index is 13.3. The normalized spacial score (nSPS) is 10.9. The van der Waals surface area contributed by atoms with E-state index in [0.29, 0.717) is 16.4 Å². The smallest absolute Gasteiger partial charge is 0.162 e. The second kappa shape index (κ2) is 5.26. The molecule has 0 fully saturated rings. The number of rotatable bonds is 2. The molecular weight excluding hydrogens is 296 g/mol. The van der Waals surface area contributed by atoms with E-state index in [2.05, 4.69) is 15.3 Å². The van der Waals surface area contributed by atoms with Crippen LogP contribution in [0.1, 0.15) is 0 Å². The second-order valence-corrected chi connectivity index (χ2v) is 4.90. The number of hydrogen-bond donors (Lipinski definition) is 1. The maximum Gasteiger partial charge on any atom is 0.162 e. The number of nitrogens with one attached hydrogen (secondary N) is 1. The van der Waals surface area contributed by atoms with Gasteiger partial charge in [-0.05, 0) is 30.3 Å². The van der Waals surface area contributed by atoms with Gasteiger partial charge in [0.1, 0.15) is 17.5 Å². The summed E-state index contributed by atoms with van der Waals surface area (Å²) in [5.41, 5.74) is 0.868. The summed E-state index contributed by atoms with van der Waals surface area (Å²) in [5, 5.41) is 4.25. The fourth-order valence-corrected chi connectivity index (χ4v) is 2.27. The van der Waals surface area contributed by atoms with Crippen molar-refractivity contribution in [3.8, 4) is 11.4 Å². The van der Waals surface area contributed by atoms with E-state index < -0.39 is 11.6 Å². The zero-order valence-electron chi connectivity index (χ0n) is 11.0. The summed E-state index contributed by atoms with van der Waals surface area (Å²) in [5.74, 6) is -0.555. The van der Waals surface area contributed by atoms with Crippen molar-refractivity contribution < 1.29 is 8.78 Å². The van der Waals surface area contributed by atoms with Gasteiger partial charge in [0.05, 0.1) is 5.52 Å². The highest BCUT2D eigenvalue weighted by atomic mass is 35.5. The van der Waals surface area contributed by atoms with Crippen LogP contribution in [-0.2, 0) is 0 Å². The van der Waals surface area contributed by atoms with Gasteiger partial charge in [-0.2, -0.15) is 0 Å². The molecule has 6 heteroatoms. The summed E-state index contributed by atoms with van der Waals surface area (Å²) in [7, 11) is 1.71. The van der Waals surface area contributed by atoms with Gasteiger partial charge in [0.2, 0.25) is 0 Å². The molecule has 0 unspecified atom stereocenters. The third-order valence-electron chi connectivity index (χ3n) is 3.02. The zero-order chi connectivity index (χ0) is 15.0. The molecule has 0 aliphatic rings. The Labute approximate surface area is 124 Å². The first-order chi connectivity index (χ1) is 10.1. The molecule has 0 radical (unpaired) electrons. The van der Waals surface area contributed by atoms with Crippen molar-refractivity contribution >= 4 is 28.3 Å². The predicted octanol–water partition coefficient (Wildman–Crippen LogP) is 4.27. The summed E-state index contributed by atoms with van der Waals surface area (Å²) in [6.07, 6.45) is 0. The molecule has 2 aromatic carbocycles. The summed E-state index contributed by atoms with van der Waals surface area (Å²) < 4.78 is 26.7. The molecule has 3 aromatic rings. The molecular formula is C15H10ClF2N3. The number of fused-ring (bicyclic) bond motifs is 1. The average molecular weight is 306 g/mol. The summed E-state index contributed by atoms with van der Waals surface area (Å²) >= 11 is 5.96. The van der Waals surface area contributed by atoms with E-state index in [1.54, 1.807) is 25.2 Å². The molecule has 1 N–H and O–H groups in total. The van der Waals surface area contributed by atoms with E-state index in [4.69, 9.17) is 11.6 Å². The Balaban J connectivity index is 2.27. The molecule has 0 spiro atoms. The lowest BCUT2D eigenvalue weighted by atomic mass is 10.1. The van der Waals surface area contributed by atoms with Crippen LogP contribution >= 0.6 is 11.6 Å². The van der Waals surface area contributed by atoms with Gasteiger partial charge < -0.3 is 5.32 Å². The first-order valence-corrected chi connectivity index (χ1v) is 6.56. The number of nitrogens with zero attached hydrogens (tertiary/aromatic N) is 2. The Bertz CT molecular complexity index is 816. The van der Waals surface area contributed by atoms with Gasteiger partial charge in [0, 0.05) is 29.1 Å². The van der Waals surface area contributed by atoms with Crippen molar-refractivity contribution in [2.24, 2.45) is 0 Å². The highest BCUT2D eigenvalue weighted by Gasteiger charge is 2.11. The van der Waals surface area contributed by atoms with E-state index in [9.17, 15) is 8.78 Å². The maximum atomic E-state index is 13.3. The number of benzene rings is 2. The van der Waals surface area contributed by atoms with Crippen LogP contribution in [0, 0.1) is 11.6 Å². The van der Waals surface area contributed by atoms with E-state index in [1.165, 1.54) is 12.1 Å². The van der Waals surface area contributed by atoms with Crippen molar-refractivity contribution in [1.82, 2.24) is 9.97 Å². The third kappa shape index (κ3) is 2.64. The fourth-order valence-electron chi connectivity index (χ4n) is 2.11. The van der Waals surface area contributed by atoms with Crippen LogP contribution in [0.5, 0.6) is 0 Å². The molecule has 1 heterocycles. The van der Waals surface area contributed by atoms with Crippen LogP contribution in [0.4, 0.5) is 14.6 Å². The molecule has 106 valence electrons. The van der Waals surface area contributed by atoms with Crippen molar-refractivity contribution in [1.29, 1.82) is 0 Å². The van der Waals surface area contributed by atoms with Gasteiger partial charge in [0.15, 0.2) is 5.82 Å². The van der Waals surface area contributed by atoms with Crippen LogP contribution in [0.15, 0.2) is 36.4 Å². The van der Waals surface area contributed by atoms with Crippen molar-refractivity contribution in [3.63, 3.8) is 0 Å². The average Bonchev–Trinajstić information content (AvgIpc) is 2.44. The van der Waals surface area contributed by atoms with Gasteiger partial charge in [-0.3, -0.25) is 0 Å². The van der Waals surface area contributed by atoms with Crippen molar-refractivity contribution in [3.05, 3.63) is 53.1 Å². The van der Waals surface area contributed by atoms with Crippen molar-refractivity contribution in [2.75, 3.05) is 12.4 Å². The van der Waals surface area contributed by atoms with Crippen LogP contribution in [0.2, 0.25) is 5.02 Å². The molecule has 0 atom stereocenters. The van der Waals surface area contributed by atoms with E-state index in [1.807, 2.05) is 0 Å². The number of anilines is 1. The lowest BCUT2D eigenvalue weighted by molar-refractivity contribution is 0.584. The fraction of sp³-hybridized carbons (Fsp3) is 0.0667. The standard InChI is InChI=1S/C15H10ClF2N3/c1-19-15-12-3-2-9(16)6-13(12)20-14(21-15)8-4-10(17)7-11(18)5-8/h2-7H,1H3,(H,19,20,21). The summed E-state index contributed by atoms with van der Waals surface area (Å²) in [6.45, 7) is 0. The Morgan fingerprint density at radius 3 is 2.38 bits per heavy atom. The van der Waals surface area contributed by atoms with Crippen LogP contribution in [0.25, 0.3) is 22.3 Å². The van der Waals surface area contributed by atoms with Gasteiger partial charge in [-0.15, -0.1) is 0 Å². The molecule has 21 heavy (non-hydrogen) atoms. The van der Waals surface area contributed by atoms with Gasteiger partial charge >= 0.3 is 0 Å². The van der Waals surface area contributed by atoms with E-state index in [0.717, 1.165) is 11.5 Å². The Kier molecular flexibility index (Phi) is 3.43. The summed E-state index contributed by atoms with van der Waals surface area (Å²) in [4.78, 5) is 8.63. The monoisotopic (exact) mass is 305 g/mol. The minimum absolute atomic E-state index is 0.229. The predicted molar refractivity (Wildman–Crippen MR) is 79.4 cm³/mol. The SMILES string of the molecule is CNc1nc(-c2cc(F)cc(F)c2)nc2cc(Cl)ccc12. The van der Waals surface area contributed by atoms with Crippen LogP contribution in [-0.4, -0.2) is 17.0 Å². The van der Waals surface area contributed by atoms with Gasteiger partial charge in [0.25, 0.3) is 0 Å². The van der Waals surface area contributed by atoms with E-state index >= 15 is 0 Å².